The van der Waals surface area contributed by atoms with E-state index in [2.05, 4.69) is 4.98 Å². The van der Waals surface area contributed by atoms with Crippen molar-refractivity contribution < 1.29 is 9.53 Å². The maximum Gasteiger partial charge on any atom is 0.342 e. The van der Waals surface area contributed by atoms with Gasteiger partial charge in [0.15, 0.2) is 5.65 Å². The number of carbonyl (C=O) groups excluding carboxylic acids is 1. The van der Waals surface area contributed by atoms with Gasteiger partial charge in [-0.15, -0.1) is 0 Å². The molecular weight excluding hydrogens is 288 g/mol. The van der Waals surface area contributed by atoms with E-state index in [-0.39, 0.29) is 12.6 Å². The van der Waals surface area contributed by atoms with Crippen LogP contribution in [-0.4, -0.2) is 15.4 Å². The van der Waals surface area contributed by atoms with Crippen LogP contribution in [0.25, 0.3) is 16.6 Å². The highest BCUT2D eigenvalue weighted by atomic mass is 16.5. The molecule has 0 aliphatic carbocycles. The maximum absolute atomic E-state index is 12.6. The van der Waals surface area contributed by atoms with Crippen LogP contribution in [0.2, 0.25) is 0 Å². The van der Waals surface area contributed by atoms with Crippen LogP contribution in [0.3, 0.4) is 0 Å². The van der Waals surface area contributed by atoms with Crippen molar-refractivity contribution in [2.75, 3.05) is 0 Å². The molecule has 112 valence electrons. The molecule has 0 saturated carbocycles. The summed E-state index contributed by atoms with van der Waals surface area (Å²) in [6.45, 7) is 0.248. The topological polar surface area (TPSA) is 43.6 Å². The van der Waals surface area contributed by atoms with Gasteiger partial charge < -0.3 is 9.14 Å². The quantitative estimate of drug-likeness (QED) is 0.540. The zero-order valence-electron chi connectivity index (χ0n) is 12.3. The maximum atomic E-state index is 12.6. The first kappa shape index (κ1) is 13.5. The van der Waals surface area contributed by atoms with E-state index in [1.54, 1.807) is 6.20 Å². The Kier molecular flexibility index (Phi) is 3.27. The van der Waals surface area contributed by atoms with Gasteiger partial charge in [-0.05, 0) is 17.7 Å². The molecule has 0 saturated heterocycles. The Labute approximate surface area is 133 Å². The third-order valence-corrected chi connectivity index (χ3v) is 3.82. The van der Waals surface area contributed by atoms with Crippen molar-refractivity contribution in [3.8, 4) is 0 Å². The molecule has 2 aromatic carbocycles. The standard InChI is InChI=1S/C19H14N2O2/c22-19(23-13-14-7-2-1-3-8-14)17-15-9-4-5-10-16(15)21-12-6-11-20-18(17)21/h1-12H,13H2. The Morgan fingerprint density at radius 1 is 1.00 bits per heavy atom. The van der Waals surface area contributed by atoms with Gasteiger partial charge in [0, 0.05) is 17.8 Å². The predicted molar refractivity (Wildman–Crippen MR) is 88.3 cm³/mol. The number of hydrogen-bond acceptors (Lipinski definition) is 3. The highest BCUT2D eigenvalue weighted by molar-refractivity contribution is 6.10. The zero-order valence-corrected chi connectivity index (χ0v) is 12.3. The van der Waals surface area contributed by atoms with E-state index < -0.39 is 0 Å². The van der Waals surface area contributed by atoms with Crippen LogP contribution in [-0.2, 0) is 11.3 Å². The molecule has 0 radical (unpaired) electrons. The molecule has 0 bridgehead atoms. The summed E-state index contributed by atoms with van der Waals surface area (Å²) in [5.41, 5.74) is 3.03. The van der Waals surface area contributed by atoms with Crippen molar-refractivity contribution >= 4 is 22.5 Å². The summed E-state index contributed by atoms with van der Waals surface area (Å²) >= 11 is 0. The smallest absolute Gasteiger partial charge is 0.342 e. The normalized spacial score (nSPS) is 11.0. The predicted octanol–water partition coefficient (Wildman–Crippen LogP) is 3.84. The van der Waals surface area contributed by atoms with Crippen LogP contribution in [0.4, 0.5) is 0 Å². The summed E-state index contributed by atoms with van der Waals surface area (Å²) in [4.78, 5) is 17.0. The first-order valence-corrected chi connectivity index (χ1v) is 7.39. The number of esters is 1. The van der Waals surface area contributed by atoms with Gasteiger partial charge in [-0.1, -0.05) is 48.5 Å². The Hall–Kier alpha value is -3.14. The SMILES string of the molecule is O=C(OCc1ccccc1)c1c2ccccc2n2cccnc12. The number of benzene rings is 2. The van der Waals surface area contributed by atoms with Crippen molar-refractivity contribution in [3.05, 3.63) is 84.2 Å². The summed E-state index contributed by atoms with van der Waals surface area (Å²) in [7, 11) is 0. The van der Waals surface area contributed by atoms with Gasteiger partial charge in [0.25, 0.3) is 0 Å². The average Bonchev–Trinajstić information content (AvgIpc) is 2.95. The minimum atomic E-state index is -0.355. The van der Waals surface area contributed by atoms with Crippen LogP contribution < -0.4 is 0 Å². The van der Waals surface area contributed by atoms with Gasteiger partial charge in [-0.25, -0.2) is 9.78 Å². The highest BCUT2D eigenvalue weighted by Crippen LogP contribution is 2.26. The summed E-state index contributed by atoms with van der Waals surface area (Å²) in [5.74, 6) is -0.355. The molecule has 0 unspecified atom stereocenters. The third-order valence-electron chi connectivity index (χ3n) is 3.82. The van der Waals surface area contributed by atoms with Crippen LogP contribution in [0.15, 0.2) is 73.1 Å². The van der Waals surface area contributed by atoms with Crippen LogP contribution >= 0.6 is 0 Å². The molecule has 2 heterocycles. The molecule has 0 aliphatic rings. The molecule has 0 N–H and O–H groups in total. The molecule has 2 aromatic heterocycles. The largest absolute Gasteiger partial charge is 0.457 e. The lowest BCUT2D eigenvalue weighted by atomic mass is 10.1. The summed E-state index contributed by atoms with van der Waals surface area (Å²) in [6, 6.07) is 19.2. The van der Waals surface area contributed by atoms with Crippen molar-refractivity contribution in [1.29, 1.82) is 0 Å². The monoisotopic (exact) mass is 302 g/mol. The van der Waals surface area contributed by atoms with Crippen LogP contribution in [0, 0.1) is 0 Å². The Balaban J connectivity index is 1.76. The number of para-hydroxylation sites is 1. The summed E-state index contributed by atoms with van der Waals surface area (Å²) in [5, 5.41) is 0.851. The van der Waals surface area contributed by atoms with Gasteiger partial charge in [-0.2, -0.15) is 0 Å². The fourth-order valence-corrected chi connectivity index (χ4v) is 2.76. The molecule has 0 atom stereocenters. The number of carbonyl (C=O) groups is 1. The van der Waals surface area contributed by atoms with E-state index in [0.717, 1.165) is 16.5 Å². The van der Waals surface area contributed by atoms with Crippen molar-refractivity contribution in [2.24, 2.45) is 0 Å². The van der Waals surface area contributed by atoms with Gasteiger partial charge in [0.05, 0.1) is 5.52 Å². The lowest BCUT2D eigenvalue weighted by molar-refractivity contribution is 0.0477. The molecule has 4 heteroatoms. The third kappa shape index (κ3) is 2.34. The Morgan fingerprint density at radius 3 is 2.65 bits per heavy atom. The van der Waals surface area contributed by atoms with Crippen molar-refractivity contribution in [3.63, 3.8) is 0 Å². The fourth-order valence-electron chi connectivity index (χ4n) is 2.76. The van der Waals surface area contributed by atoms with Crippen LogP contribution in [0.5, 0.6) is 0 Å². The molecule has 0 aliphatic heterocycles. The van der Waals surface area contributed by atoms with E-state index in [9.17, 15) is 4.79 Å². The molecule has 0 spiro atoms. The van der Waals surface area contributed by atoms with Crippen molar-refractivity contribution in [2.45, 2.75) is 6.61 Å². The number of aromatic nitrogens is 2. The van der Waals surface area contributed by atoms with E-state index in [1.807, 2.05) is 71.3 Å². The zero-order chi connectivity index (χ0) is 15.6. The second-order valence-electron chi connectivity index (χ2n) is 5.27. The lowest BCUT2D eigenvalue weighted by Gasteiger charge is -2.04. The fraction of sp³-hybridized carbons (Fsp3) is 0.0526. The van der Waals surface area contributed by atoms with Crippen LogP contribution in [0.1, 0.15) is 15.9 Å². The summed E-state index contributed by atoms with van der Waals surface area (Å²) in [6.07, 6.45) is 3.58. The molecule has 4 nitrogen and oxygen atoms in total. The number of ether oxygens (including phenoxy) is 1. The van der Waals surface area contributed by atoms with E-state index in [1.165, 1.54) is 0 Å². The molecule has 23 heavy (non-hydrogen) atoms. The van der Waals surface area contributed by atoms with Gasteiger partial charge in [0.2, 0.25) is 0 Å². The molecular formula is C19H14N2O2. The number of rotatable bonds is 3. The van der Waals surface area contributed by atoms with Crippen molar-refractivity contribution in [1.82, 2.24) is 9.38 Å². The first-order chi connectivity index (χ1) is 11.3. The van der Waals surface area contributed by atoms with E-state index >= 15 is 0 Å². The minimum Gasteiger partial charge on any atom is -0.457 e. The lowest BCUT2D eigenvalue weighted by Crippen LogP contribution is -2.06. The molecule has 0 fully saturated rings. The second-order valence-corrected chi connectivity index (χ2v) is 5.27. The second kappa shape index (κ2) is 5.57. The highest BCUT2D eigenvalue weighted by Gasteiger charge is 2.20. The number of nitrogens with zero attached hydrogens (tertiary/aromatic N) is 2. The molecule has 0 amide bonds. The summed E-state index contributed by atoms with van der Waals surface area (Å²) < 4.78 is 7.41. The van der Waals surface area contributed by atoms with Gasteiger partial charge in [-0.3, -0.25) is 0 Å². The number of hydrogen-bond donors (Lipinski definition) is 0. The van der Waals surface area contributed by atoms with E-state index in [0.29, 0.717) is 11.2 Å². The van der Waals surface area contributed by atoms with Gasteiger partial charge >= 0.3 is 5.97 Å². The van der Waals surface area contributed by atoms with E-state index in [4.69, 9.17) is 4.74 Å². The molecule has 4 rings (SSSR count). The first-order valence-electron chi connectivity index (χ1n) is 7.39. The Bertz CT molecular complexity index is 937. The number of fused-ring (bicyclic) bond motifs is 3. The average molecular weight is 302 g/mol. The minimum absolute atomic E-state index is 0.248. The van der Waals surface area contributed by atoms with Gasteiger partial charge in [0.1, 0.15) is 12.2 Å². The molecule has 4 aromatic rings. The Morgan fingerprint density at radius 2 is 1.78 bits per heavy atom.